The lowest BCUT2D eigenvalue weighted by Gasteiger charge is -2.10. The summed E-state index contributed by atoms with van der Waals surface area (Å²) in [5, 5.41) is 13.3. The van der Waals surface area contributed by atoms with Gasteiger partial charge in [-0.15, -0.1) is 0 Å². The number of hydrogen-bond donors (Lipinski definition) is 1. The van der Waals surface area contributed by atoms with Gasteiger partial charge in [0.2, 0.25) is 5.75 Å². The van der Waals surface area contributed by atoms with Gasteiger partial charge in [0.05, 0.1) is 23.3 Å². The van der Waals surface area contributed by atoms with Crippen LogP contribution in [0.4, 0.5) is 15.8 Å². The predicted octanol–water partition coefficient (Wildman–Crippen LogP) is 2.54. The second-order valence-electron chi connectivity index (χ2n) is 4.74. The van der Waals surface area contributed by atoms with E-state index in [1.54, 1.807) is 12.1 Å². The van der Waals surface area contributed by atoms with Crippen molar-refractivity contribution in [2.45, 2.75) is 0 Å². The molecule has 0 heterocycles. The van der Waals surface area contributed by atoms with Gasteiger partial charge in [0.15, 0.2) is 6.61 Å². The Morgan fingerprint density at radius 1 is 1.24 bits per heavy atom. The summed E-state index contributed by atoms with van der Waals surface area (Å²) < 4.78 is 22.8. The molecule has 0 unspecified atom stereocenters. The SMILES string of the molecule is COC(=O)c1ccccc1NC(=O)COc1cc(F)ccc1[N+](=O)[O-]. The third kappa shape index (κ3) is 4.50. The largest absolute Gasteiger partial charge is 0.477 e. The van der Waals surface area contributed by atoms with E-state index in [1.165, 1.54) is 19.2 Å². The van der Waals surface area contributed by atoms with Gasteiger partial charge in [-0.05, 0) is 18.2 Å². The van der Waals surface area contributed by atoms with Crippen molar-refractivity contribution in [2.75, 3.05) is 19.0 Å². The molecule has 0 bridgehead atoms. The van der Waals surface area contributed by atoms with Gasteiger partial charge in [0.1, 0.15) is 5.82 Å². The van der Waals surface area contributed by atoms with Crippen LogP contribution in [0.3, 0.4) is 0 Å². The van der Waals surface area contributed by atoms with E-state index in [2.05, 4.69) is 10.1 Å². The maximum absolute atomic E-state index is 13.2. The van der Waals surface area contributed by atoms with Crippen LogP contribution in [0.1, 0.15) is 10.4 Å². The molecule has 1 N–H and O–H groups in total. The topological polar surface area (TPSA) is 108 Å². The normalized spacial score (nSPS) is 10.0. The molecule has 130 valence electrons. The predicted molar refractivity (Wildman–Crippen MR) is 85.0 cm³/mol. The maximum Gasteiger partial charge on any atom is 0.339 e. The lowest BCUT2D eigenvalue weighted by molar-refractivity contribution is -0.385. The molecule has 2 aromatic rings. The first-order chi connectivity index (χ1) is 11.9. The zero-order valence-electron chi connectivity index (χ0n) is 13.0. The summed E-state index contributed by atoms with van der Waals surface area (Å²) >= 11 is 0. The van der Waals surface area contributed by atoms with Crippen LogP contribution in [0.15, 0.2) is 42.5 Å². The number of ether oxygens (including phenoxy) is 2. The lowest BCUT2D eigenvalue weighted by atomic mass is 10.2. The fourth-order valence-corrected chi connectivity index (χ4v) is 1.96. The van der Waals surface area contributed by atoms with Crippen LogP contribution in [0.25, 0.3) is 0 Å². The standard InChI is InChI=1S/C16H13FN2O6/c1-24-16(21)11-4-2-3-5-12(11)18-15(20)9-25-14-8-10(17)6-7-13(14)19(22)23/h2-8H,9H2,1H3,(H,18,20). The summed E-state index contributed by atoms with van der Waals surface area (Å²) in [5.74, 6) is -2.44. The van der Waals surface area contributed by atoms with Crippen molar-refractivity contribution in [2.24, 2.45) is 0 Å². The second-order valence-corrected chi connectivity index (χ2v) is 4.74. The Morgan fingerprint density at radius 2 is 1.96 bits per heavy atom. The number of nitrogens with one attached hydrogen (secondary N) is 1. The summed E-state index contributed by atoms with van der Waals surface area (Å²) in [4.78, 5) is 33.7. The number of rotatable bonds is 6. The number of carbonyl (C=O) groups is 2. The summed E-state index contributed by atoms with van der Waals surface area (Å²) in [6.07, 6.45) is 0. The third-order valence-electron chi connectivity index (χ3n) is 3.08. The molecule has 25 heavy (non-hydrogen) atoms. The van der Waals surface area contributed by atoms with Gasteiger partial charge < -0.3 is 14.8 Å². The monoisotopic (exact) mass is 348 g/mol. The number of amides is 1. The highest BCUT2D eigenvalue weighted by molar-refractivity contribution is 6.01. The number of halogens is 1. The minimum Gasteiger partial charge on any atom is -0.477 e. The van der Waals surface area contributed by atoms with E-state index in [4.69, 9.17) is 4.74 Å². The lowest BCUT2D eigenvalue weighted by Crippen LogP contribution is -2.22. The molecule has 0 saturated carbocycles. The van der Waals surface area contributed by atoms with E-state index in [0.717, 1.165) is 18.2 Å². The zero-order valence-corrected chi connectivity index (χ0v) is 13.0. The summed E-state index contributed by atoms with van der Waals surface area (Å²) in [7, 11) is 1.20. The molecule has 1 amide bonds. The van der Waals surface area contributed by atoms with Crippen LogP contribution in [0, 0.1) is 15.9 Å². The molecule has 0 spiro atoms. The Morgan fingerprint density at radius 3 is 2.64 bits per heavy atom. The van der Waals surface area contributed by atoms with Gasteiger partial charge in [-0.25, -0.2) is 9.18 Å². The molecular weight excluding hydrogens is 335 g/mol. The molecule has 0 aromatic heterocycles. The van der Waals surface area contributed by atoms with Gasteiger partial charge in [0, 0.05) is 12.1 Å². The molecule has 0 saturated heterocycles. The zero-order chi connectivity index (χ0) is 18.4. The summed E-state index contributed by atoms with van der Waals surface area (Å²) in [6, 6.07) is 8.80. The maximum atomic E-state index is 13.2. The molecule has 0 aliphatic heterocycles. The van der Waals surface area contributed by atoms with E-state index in [0.29, 0.717) is 0 Å². The Kier molecular flexibility index (Phi) is 5.62. The first-order valence-electron chi connectivity index (χ1n) is 6.96. The molecule has 0 atom stereocenters. The average Bonchev–Trinajstić information content (AvgIpc) is 2.59. The Bertz CT molecular complexity index is 824. The first kappa shape index (κ1) is 17.9. The van der Waals surface area contributed by atoms with Gasteiger partial charge in [-0.1, -0.05) is 12.1 Å². The van der Waals surface area contributed by atoms with Crippen molar-refractivity contribution in [1.29, 1.82) is 0 Å². The number of nitro groups is 1. The minimum absolute atomic E-state index is 0.134. The van der Waals surface area contributed by atoms with E-state index in [9.17, 15) is 24.1 Å². The van der Waals surface area contributed by atoms with Gasteiger partial charge in [0.25, 0.3) is 5.91 Å². The quantitative estimate of drug-likeness (QED) is 0.488. The van der Waals surface area contributed by atoms with Gasteiger partial charge >= 0.3 is 11.7 Å². The smallest absolute Gasteiger partial charge is 0.339 e. The molecule has 0 fully saturated rings. The van der Waals surface area contributed by atoms with E-state index in [-0.39, 0.29) is 17.0 Å². The first-order valence-corrected chi connectivity index (χ1v) is 6.96. The summed E-state index contributed by atoms with van der Waals surface area (Å²) in [6.45, 7) is -0.611. The number of methoxy groups -OCH3 is 1. The highest BCUT2D eigenvalue weighted by Crippen LogP contribution is 2.27. The van der Waals surface area contributed by atoms with Crippen molar-refractivity contribution in [1.82, 2.24) is 0 Å². The average molecular weight is 348 g/mol. The number of carbonyl (C=O) groups excluding carboxylic acids is 2. The van der Waals surface area contributed by atoms with Gasteiger partial charge in [-0.2, -0.15) is 0 Å². The van der Waals surface area contributed by atoms with Crippen LogP contribution >= 0.6 is 0 Å². The van der Waals surface area contributed by atoms with Crippen LogP contribution in [-0.4, -0.2) is 30.5 Å². The number of nitrogens with zero attached hydrogens (tertiary/aromatic N) is 1. The number of esters is 1. The van der Waals surface area contributed by atoms with Crippen molar-refractivity contribution in [3.8, 4) is 5.75 Å². The molecule has 8 nitrogen and oxygen atoms in total. The van der Waals surface area contributed by atoms with E-state index < -0.39 is 34.9 Å². The van der Waals surface area contributed by atoms with Crippen LogP contribution in [0.2, 0.25) is 0 Å². The fourth-order valence-electron chi connectivity index (χ4n) is 1.96. The minimum atomic E-state index is -0.751. The van der Waals surface area contributed by atoms with Crippen molar-refractivity contribution >= 4 is 23.3 Å². The molecule has 0 aliphatic carbocycles. The molecule has 2 rings (SSSR count). The van der Waals surface area contributed by atoms with Crippen LogP contribution in [0.5, 0.6) is 5.75 Å². The molecule has 9 heteroatoms. The van der Waals surface area contributed by atoms with Crippen molar-refractivity contribution in [3.05, 3.63) is 64.0 Å². The Labute approximate surface area is 141 Å². The number of hydrogen-bond acceptors (Lipinski definition) is 6. The van der Waals surface area contributed by atoms with E-state index in [1.807, 2.05) is 0 Å². The van der Waals surface area contributed by atoms with Crippen LogP contribution in [-0.2, 0) is 9.53 Å². The fraction of sp³-hybridized carbons (Fsp3) is 0.125. The summed E-state index contributed by atoms with van der Waals surface area (Å²) in [5.41, 5.74) is -0.143. The van der Waals surface area contributed by atoms with Crippen molar-refractivity contribution in [3.63, 3.8) is 0 Å². The number of para-hydroxylation sites is 1. The van der Waals surface area contributed by atoms with E-state index >= 15 is 0 Å². The van der Waals surface area contributed by atoms with Crippen molar-refractivity contribution < 1.29 is 28.4 Å². The molecule has 0 aliphatic rings. The number of nitro benzene ring substituents is 1. The van der Waals surface area contributed by atoms with Gasteiger partial charge in [-0.3, -0.25) is 14.9 Å². The molecule has 0 radical (unpaired) electrons. The van der Waals surface area contributed by atoms with Crippen LogP contribution < -0.4 is 10.1 Å². The number of benzene rings is 2. The third-order valence-corrected chi connectivity index (χ3v) is 3.08. The number of anilines is 1. The molecule has 2 aromatic carbocycles. The Hall–Kier alpha value is -3.49. The Balaban J connectivity index is 2.09. The second kappa shape index (κ2) is 7.86. The highest BCUT2D eigenvalue weighted by atomic mass is 19.1. The highest BCUT2D eigenvalue weighted by Gasteiger charge is 2.18. The molecular formula is C16H13FN2O6.